The lowest BCUT2D eigenvalue weighted by atomic mass is 9.97. The van der Waals surface area contributed by atoms with Gasteiger partial charge in [0.2, 0.25) is 0 Å². The van der Waals surface area contributed by atoms with Crippen LogP contribution in [0.15, 0.2) is 30.7 Å². The van der Waals surface area contributed by atoms with E-state index in [0.29, 0.717) is 25.3 Å². The predicted octanol–water partition coefficient (Wildman–Crippen LogP) is 1.63. The summed E-state index contributed by atoms with van der Waals surface area (Å²) < 4.78 is 8.65. The normalized spacial score (nSPS) is 17.8. The molecule has 24 heavy (non-hydrogen) atoms. The number of carbonyl (C=O) groups is 2. The van der Waals surface area contributed by atoms with Gasteiger partial charge in [-0.15, -0.1) is 0 Å². The highest BCUT2D eigenvalue weighted by Crippen LogP contribution is 2.22. The van der Waals surface area contributed by atoms with Crippen molar-refractivity contribution in [2.45, 2.75) is 19.8 Å². The number of piperidine rings is 1. The molecule has 0 bridgehead atoms. The Morgan fingerprint density at radius 1 is 1.33 bits per heavy atom. The molecule has 0 saturated carbocycles. The summed E-state index contributed by atoms with van der Waals surface area (Å²) in [6, 6.07) is 3.80. The highest BCUT2D eigenvalue weighted by Gasteiger charge is 2.31. The fourth-order valence-electron chi connectivity index (χ4n) is 3.15. The van der Waals surface area contributed by atoms with E-state index in [2.05, 4.69) is 5.10 Å². The number of aryl methyl sites for hydroxylation is 1. The van der Waals surface area contributed by atoms with Crippen LogP contribution in [0.5, 0.6) is 0 Å². The van der Waals surface area contributed by atoms with Crippen LogP contribution < -0.4 is 0 Å². The van der Waals surface area contributed by atoms with Crippen LogP contribution in [0.25, 0.3) is 5.82 Å². The number of ether oxygens (including phenoxy) is 1. The average molecular weight is 330 g/mol. The lowest BCUT2D eigenvalue weighted by Crippen LogP contribution is -2.43. The highest BCUT2D eigenvalue weighted by molar-refractivity contribution is 5.97. The van der Waals surface area contributed by atoms with E-state index in [1.165, 1.54) is 0 Å². The first-order chi connectivity index (χ1) is 11.6. The summed E-state index contributed by atoms with van der Waals surface area (Å²) in [5.74, 6) is 0.172. The molecule has 0 spiro atoms. The van der Waals surface area contributed by atoms with E-state index in [1.807, 2.05) is 36.1 Å². The second-order valence-corrected chi connectivity index (χ2v) is 5.94. The summed E-state index contributed by atoms with van der Waals surface area (Å²) in [6.07, 6.45) is 6.91. The summed E-state index contributed by atoms with van der Waals surface area (Å²) in [4.78, 5) is 26.7. The SMILES string of the molecule is CCOC(=O)C1CCCN(C(=O)c2cnn(C)c2-n2cccc2)C1. The van der Waals surface area contributed by atoms with Crippen LogP contribution in [0.3, 0.4) is 0 Å². The Morgan fingerprint density at radius 3 is 2.79 bits per heavy atom. The second-order valence-electron chi connectivity index (χ2n) is 5.94. The third-order valence-corrected chi connectivity index (χ3v) is 4.32. The van der Waals surface area contributed by atoms with Crippen molar-refractivity contribution in [3.63, 3.8) is 0 Å². The summed E-state index contributed by atoms with van der Waals surface area (Å²) >= 11 is 0. The number of amides is 1. The van der Waals surface area contributed by atoms with Crippen LogP contribution in [0.1, 0.15) is 30.1 Å². The van der Waals surface area contributed by atoms with Crippen LogP contribution in [0, 0.1) is 5.92 Å². The molecule has 0 aromatic carbocycles. The maximum Gasteiger partial charge on any atom is 0.310 e. The minimum Gasteiger partial charge on any atom is -0.466 e. The molecular formula is C17H22N4O3. The van der Waals surface area contributed by atoms with Crippen LogP contribution >= 0.6 is 0 Å². The molecule has 0 N–H and O–H groups in total. The lowest BCUT2D eigenvalue weighted by molar-refractivity contribution is -0.149. The summed E-state index contributed by atoms with van der Waals surface area (Å²) in [6.45, 7) is 3.21. The Labute approximate surface area is 140 Å². The van der Waals surface area contributed by atoms with Crippen molar-refractivity contribution in [3.8, 4) is 5.82 Å². The number of likely N-dealkylation sites (tertiary alicyclic amines) is 1. The summed E-state index contributed by atoms with van der Waals surface area (Å²) in [5.41, 5.74) is 0.540. The molecule has 1 aliphatic heterocycles. The van der Waals surface area contributed by atoms with E-state index < -0.39 is 0 Å². The van der Waals surface area contributed by atoms with Crippen LogP contribution in [0.4, 0.5) is 0 Å². The highest BCUT2D eigenvalue weighted by atomic mass is 16.5. The lowest BCUT2D eigenvalue weighted by Gasteiger charge is -2.31. The molecule has 7 nitrogen and oxygen atoms in total. The molecule has 2 aromatic rings. The van der Waals surface area contributed by atoms with Crippen molar-refractivity contribution in [1.29, 1.82) is 0 Å². The zero-order chi connectivity index (χ0) is 17.1. The number of aromatic nitrogens is 3. The smallest absolute Gasteiger partial charge is 0.310 e. The van der Waals surface area contributed by atoms with Crippen molar-refractivity contribution in [1.82, 2.24) is 19.2 Å². The molecule has 1 saturated heterocycles. The molecule has 1 atom stereocenters. The van der Waals surface area contributed by atoms with Crippen molar-refractivity contribution >= 4 is 11.9 Å². The quantitative estimate of drug-likeness (QED) is 0.799. The van der Waals surface area contributed by atoms with Crippen LogP contribution in [-0.4, -0.2) is 50.8 Å². The third kappa shape index (κ3) is 3.06. The Hall–Kier alpha value is -2.57. The molecule has 3 heterocycles. The molecule has 1 aliphatic rings. The van der Waals surface area contributed by atoms with Gasteiger partial charge in [0.1, 0.15) is 11.4 Å². The fraction of sp³-hybridized carbons (Fsp3) is 0.471. The van der Waals surface area contributed by atoms with E-state index in [0.717, 1.165) is 18.7 Å². The van der Waals surface area contributed by atoms with Crippen molar-refractivity contribution in [3.05, 3.63) is 36.3 Å². The molecule has 2 aromatic heterocycles. The van der Waals surface area contributed by atoms with Gasteiger partial charge in [-0.05, 0) is 31.9 Å². The van der Waals surface area contributed by atoms with E-state index in [1.54, 1.807) is 22.7 Å². The number of hydrogen-bond donors (Lipinski definition) is 0. The van der Waals surface area contributed by atoms with Gasteiger partial charge in [0.05, 0.1) is 18.7 Å². The average Bonchev–Trinajstić information content (AvgIpc) is 3.23. The minimum absolute atomic E-state index is 0.0965. The van der Waals surface area contributed by atoms with Crippen molar-refractivity contribution in [2.75, 3.05) is 19.7 Å². The maximum atomic E-state index is 13.0. The Bertz CT molecular complexity index is 720. The van der Waals surface area contributed by atoms with Gasteiger partial charge in [-0.2, -0.15) is 5.10 Å². The molecule has 3 rings (SSSR count). The topological polar surface area (TPSA) is 69.4 Å². The Morgan fingerprint density at radius 2 is 2.08 bits per heavy atom. The first-order valence-electron chi connectivity index (χ1n) is 8.23. The van der Waals surface area contributed by atoms with Gasteiger partial charge >= 0.3 is 5.97 Å². The van der Waals surface area contributed by atoms with Gasteiger partial charge in [0, 0.05) is 32.5 Å². The number of hydrogen-bond acceptors (Lipinski definition) is 4. The van der Waals surface area contributed by atoms with E-state index in [-0.39, 0.29) is 17.8 Å². The number of rotatable bonds is 4. The number of nitrogens with zero attached hydrogens (tertiary/aromatic N) is 4. The van der Waals surface area contributed by atoms with E-state index in [9.17, 15) is 9.59 Å². The molecule has 0 radical (unpaired) electrons. The zero-order valence-corrected chi connectivity index (χ0v) is 14.0. The Kier molecular flexibility index (Phi) is 4.69. The second kappa shape index (κ2) is 6.90. The molecular weight excluding hydrogens is 308 g/mol. The van der Waals surface area contributed by atoms with E-state index in [4.69, 9.17) is 4.74 Å². The first kappa shape index (κ1) is 16.3. The van der Waals surface area contributed by atoms with Gasteiger partial charge in [-0.3, -0.25) is 14.3 Å². The monoisotopic (exact) mass is 330 g/mol. The van der Waals surface area contributed by atoms with Gasteiger partial charge in [0.25, 0.3) is 5.91 Å². The zero-order valence-electron chi connectivity index (χ0n) is 14.0. The van der Waals surface area contributed by atoms with Gasteiger partial charge in [0.15, 0.2) is 0 Å². The number of carbonyl (C=O) groups excluding carboxylic acids is 2. The fourth-order valence-corrected chi connectivity index (χ4v) is 3.15. The van der Waals surface area contributed by atoms with E-state index >= 15 is 0 Å². The van der Waals surface area contributed by atoms with Crippen LogP contribution in [-0.2, 0) is 16.6 Å². The third-order valence-electron chi connectivity index (χ3n) is 4.32. The molecule has 0 aliphatic carbocycles. The molecule has 1 amide bonds. The number of esters is 1. The minimum atomic E-state index is -0.241. The van der Waals surface area contributed by atoms with Crippen molar-refractivity contribution in [2.24, 2.45) is 13.0 Å². The van der Waals surface area contributed by atoms with Crippen molar-refractivity contribution < 1.29 is 14.3 Å². The molecule has 1 unspecified atom stereocenters. The maximum absolute atomic E-state index is 13.0. The standard InChI is InChI=1S/C17H22N4O3/c1-3-24-17(23)13-7-6-10-21(12-13)16(22)14-11-18-19(2)15(14)20-8-4-5-9-20/h4-5,8-9,11,13H,3,6-7,10,12H2,1-2H3. The van der Waals surface area contributed by atoms with Gasteiger partial charge in [-0.1, -0.05) is 0 Å². The van der Waals surface area contributed by atoms with Gasteiger partial charge < -0.3 is 14.2 Å². The summed E-state index contributed by atoms with van der Waals surface area (Å²) in [7, 11) is 1.81. The molecule has 7 heteroatoms. The van der Waals surface area contributed by atoms with Gasteiger partial charge in [-0.25, -0.2) is 0 Å². The largest absolute Gasteiger partial charge is 0.466 e. The molecule has 1 fully saturated rings. The van der Waals surface area contributed by atoms with Crippen LogP contribution in [0.2, 0.25) is 0 Å². The molecule has 128 valence electrons. The summed E-state index contributed by atoms with van der Waals surface area (Å²) in [5, 5.41) is 4.23. The first-order valence-corrected chi connectivity index (χ1v) is 8.23. The Balaban J connectivity index is 1.81. The predicted molar refractivity (Wildman–Crippen MR) is 87.8 cm³/mol.